The first-order valence-electron chi connectivity index (χ1n) is 12.5. The number of carbonyl (C=O) groups excluding carboxylic acids is 2. The predicted octanol–water partition coefficient (Wildman–Crippen LogP) is 4.36. The van der Waals surface area contributed by atoms with Crippen molar-refractivity contribution < 1.29 is 19.1 Å². The highest BCUT2D eigenvalue weighted by Gasteiger charge is 2.43. The molecule has 4 heterocycles. The number of hydrogen-bond acceptors (Lipinski definition) is 6. The van der Waals surface area contributed by atoms with Crippen molar-refractivity contribution in [3.05, 3.63) is 59.3 Å². The Kier molecular flexibility index (Phi) is 6.30. The molecule has 0 radical (unpaired) electrons. The fourth-order valence-electron chi connectivity index (χ4n) is 5.27. The maximum Gasteiger partial charge on any atom is 0.410 e. The molecule has 2 bridgehead atoms. The van der Waals surface area contributed by atoms with E-state index in [1.165, 1.54) is 0 Å². The molecule has 0 N–H and O–H groups in total. The predicted molar refractivity (Wildman–Crippen MR) is 132 cm³/mol. The minimum Gasteiger partial charge on any atom is -0.445 e. The monoisotopic (exact) mass is 478 g/mol. The van der Waals surface area contributed by atoms with Gasteiger partial charge in [-0.1, -0.05) is 36.4 Å². The van der Waals surface area contributed by atoms with Crippen LogP contribution >= 0.6 is 0 Å². The van der Waals surface area contributed by atoms with E-state index in [1.54, 1.807) is 4.90 Å². The fraction of sp³-hybridized carbons (Fsp3) is 0.519. The maximum absolute atomic E-state index is 12.6. The van der Waals surface area contributed by atoms with Crippen molar-refractivity contribution in [3.63, 3.8) is 0 Å². The quantitative estimate of drug-likeness (QED) is 0.652. The van der Waals surface area contributed by atoms with Gasteiger partial charge in [0, 0.05) is 43.8 Å². The zero-order valence-electron chi connectivity index (χ0n) is 20.8. The first kappa shape index (κ1) is 23.5. The molecular formula is C27H34N4O4. The van der Waals surface area contributed by atoms with Crippen LogP contribution in [-0.2, 0) is 29.0 Å². The molecule has 8 nitrogen and oxygen atoms in total. The molecule has 0 saturated carbocycles. The average Bonchev–Trinajstić information content (AvgIpc) is 3.10. The lowest BCUT2D eigenvalue weighted by Gasteiger charge is -2.42. The van der Waals surface area contributed by atoms with Gasteiger partial charge >= 0.3 is 12.2 Å². The summed E-state index contributed by atoms with van der Waals surface area (Å²) >= 11 is 0. The second-order valence-electron chi connectivity index (χ2n) is 10.7. The second-order valence-corrected chi connectivity index (χ2v) is 10.7. The van der Waals surface area contributed by atoms with Gasteiger partial charge in [-0.05, 0) is 50.8 Å². The number of aromatic nitrogens is 1. The highest BCUT2D eigenvalue weighted by atomic mass is 16.6. The Labute approximate surface area is 206 Å². The first-order valence-corrected chi connectivity index (χ1v) is 12.5. The van der Waals surface area contributed by atoms with E-state index in [0.717, 1.165) is 35.5 Å². The van der Waals surface area contributed by atoms with Gasteiger partial charge in [-0.3, -0.25) is 0 Å². The summed E-state index contributed by atoms with van der Waals surface area (Å²) in [5.41, 5.74) is 2.60. The number of ether oxygens (including phenoxy) is 2. The van der Waals surface area contributed by atoms with Gasteiger partial charge in [0.1, 0.15) is 18.0 Å². The Balaban J connectivity index is 1.21. The lowest BCUT2D eigenvalue weighted by atomic mass is 10.1. The topological polar surface area (TPSA) is 75.2 Å². The zero-order chi connectivity index (χ0) is 24.6. The summed E-state index contributed by atoms with van der Waals surface area (Å²) in [4.78, 5) is 36.2. The van der Waals surface area contributed by atoms with E-state index >= 15 is 0 Å². The first-order chi connectivity index (χ1) is 16.8. The van der Waals surface area contributed by atoms with Gasteiger partial charge in [0.15, 0.2) is 0 Å². The summed E-state index contributed by atoms with van der Waals surface area (Å²) in [5.74, 6) is 0.972. The third-order valence-corrected chi connectivity index (χ3v) is 6.90. The number of benzene rings is 1. The van der Waals surface area contributed by atoms with Crippen LogP contribution in [0.3, 0.4) is 0 Å². The third kappa shape index (κ3) is 5.21. The van der Waals surface area contributed by atoms with Crippen LogP contribution in [0.4, 0.5) is 15.4 Å². The van der Waals surface area contributed by atoms with Crippen molar-refractivity contribution in [1.29, 1.82) is 0 Å². The van der Waals surface area contributed by atoms with Crippen molar-refractivity contribution in [2.24, 2.45) is 0 Å². The molecular weight excluding hydrogens is 444 g/mol. The highest BCUT2D eigenvalue weighted by Crippen LogP contribution is 2.35. The molecule has 1 aromatic heterocycles. The number of amides is 2. The number of fused-ring (bicyclic) bond motifs is 3. The van der Waals surface area contributed by atoms with E-state index in [-0.39, 0.29) is 30.9 Å². The molecule has 2 saturated heterocycles. The van der Waals surface area contributed by atoms with Crippen LogP contribution in [0.25, 0.3) is 0 Å². The molecule has 8 heteroatoms. The van der Waals surface area contributed by atoms with Crippen LogP contribution in [0.1, 0.15) is 50.4 Å². The smallest absolute Gasteiger partial charge is 0.410 e. The molecule has 2 aromatic rings. The van der Waals surface area contributed by atoms with Crippen molar-refractivity contribution in [3.8, 4) is 0 Å². The third-order valence-electron chi connectivity index (χ3n) is 6.90. The van der Waals surface area contributed by atoms with E-state index < -0.39 is 5.60 Å². The van der Waals surface area contributed by atoms with E-state index in [1.807, 2.05) is 56.0 Å². The average molecular weight is 479 g/mol. The van der Waals surface area contributed by atoms with Crippen LogP contribution in [0.15, 0.2) is 42.5 Å². The molecule has 186 valence electrons. The molecule has 0 spiro atoms. The Morgan fingerprint density at radius 2 is 1.69 bits per heavy atom. The number of likely N-dealkylation sites (tertiary alicyclic amines) is 1. The number of pyridine rings is 1. The highest BCUT2D eigenvalue weighted by molar-refractivity contribution is 5.69. The molecule has 35 heavy (non-hydrogen) atoms. The van der Waals surface area contributed by atoms with Gasteiger partial charge < -0.3 is 24.2 Å². The van der Waals surface area contributed by atoms with Crippen LogP contribution in [0.2, 0.25) is 0 Å². The van der Waals surface area contributed by atoms with Crippen LogP contribution in [0, 0.1) is 0 Å². The zero-order valence-corrected chi connectivity index (χ0v) is 20.8. The van der Waals surface area contributed by atoms with Crippen LogP contribution < -0.4 is 4.90 Å². The lowest BCUT2D eigenvalue weighted by molar-refractivity contribution is 0.0209. The van der Waals surface area contributed by atoms with Crippen molar-refractivity contribution >= 4 is 18.0 Å². The molecule has 0 aliphatic carbocycles. The number of hydrogen-bond donors (Lipinski definition) is 0. The minimum absolute atomic E-state index is 0.230. The standard InChI is InChI=1S/C27H34N4O4/c1-27(2,3)35-26(33)30-16-21-10-11-22(17-30)31(21)24-12-9-20-15-29(14-13-23(20)28-24)25(32)34-18-19-7-5-4-6-8-19/h4-9,12,21-22H,10-11,13-18H2,1-3H3. The van der Waals surface area contributed by atoms with Crippen molar-refractivity contribution in [1.82, 2.24) is 14.8 Å². The van der Waals surface area contributed by atoms with Gasteiger partial charge in [-0.2, -0.15) is 0 Å². The number of rotatable bonds is 3. The number of piperazine rings is 1. The van der Waals surface area contributed by atoms with Crippen LogP contribution in [-0.4, -0.2) is 64.3 Å². The van der Waals surface area contributed by atoms with Gasteiger partial charge in [0.25, 0.3) is 0 Å². The van der Waals surface area contributed by atoms with E-state index in [4.69, 9.17) is 14.5 Å². The summed E-state index contributed by atoms with van der Waals surface area (Å²) in [6, 6.07) is 14.4. The van der Waals surface area contributed by atoms with Crippen molar-refractivity contribution in [2.75, 3.05) is 24.5 Å². The summed E-state index contributed by atoms with van der Waals surface area (Å²) in [7, 11) is 0. The number of nitrogens with zero attached hydrogens (tertiary/aromatic N) is 4. The summed E-state index contributed by atoms with van der Waals surface area (Å²) in [6.45, 7) is 8.39. The molecule has 3 aliphatic rings. The molecule has 2 fully saturated rings. The second kappa shape index (κ2) is 9.40. The van der Waals surface area contributed by atoms with Crippen molar-refractivity contribution in [2.45, 2.75) is 70.9 Å². The normalized spacial score (nSPS) is 21.5. The van der Waals surface area contributed by atoms with E-state index in [2.05, 4.69) is 17.0 Å². The summed E-state index contributed by atoms with van der Waals surface area (Å²) in [5, 5.41) is 0. The van der Waals surface area contributed by atoms with Gasteiger partial charge in [0.05, 0.1) is 6.54 Å². The van der Waals surface area contributed by atoms with Crippen LogP contribution in [0.5, 0.6) is 0 Å². The largest absolute Gasteiger partial charge is 0.445 e. The molecule has 1 aromatic carbocycles. The SMILES string of the molecule is CC(C)(C)OC(=O)N1CC2CCC(C1)N2c1ccc2c(n1)CCN(C(=O)OCc1ccccc1)C2. The summed E-state index contributed by atoms with van der Waals surface area (Å²) in [6.07, 6.45) is 2.27. The van der Waals surface area contributed by atoms with Gasteiger partial charge in [-0.15, -0.1) is 0 Å². The Bertz CT molecular complexity index is 1070. The number of carbonyl (C=O) groups is 2. The summed E-state index contributed by atoms with van der Waals surface area (Å²) < 4.78 is 11.1. The molecule has 3 aliphatic heterocycles. The number of anilines is 1. The Hall–Kier alpha value is -3.29. The molecule has 2 atom stereocenters. The Morgan fingerprint density at radius 1 is 0.971 bits per heavy atom. The minimum atomic E-state index is -0.491. The maximum atomic E-state index is 12.6. The Morgan fingerprint density at radius 3 is 2.37 bits per heavy atom. The van der Waals surface area contributed by atoms with E-state index in [9.17, 15) is 9.59 Å². The molecule has 2 unspecified atom stereocenters. The molecule has 2 amide bonds. The van der Waals surface area contributed by atoms with E-state index in [0.29, 0.717) is 32.6 Å². The van der Waals surface area contributed by atoms with Gasteiger partial charge in [0.2, 0.25) is 0 Å². The molecule has 5 rings (SSSR count). The van der Waals surface area contributed by atoms with Gasteiger partial charge in [-0.25, -0.2) is 14.6 Å². The lowest BCUT2D eigenvalue weighted by Crippen LogP contribution is -2.56. The fourth-order valence-corrected chi connectivity index (χ4v) is 5.27.